The maximum atomic E-state index is 15.3. The fourth-order valence-corrected chi connectivity index (χ4v) is 4.86. The number of allylic oxidation sites excluding steroid dienone is 3. The van der Waals surface area contributed by atoms with Gasteiger partial charge in [0.25, 0.3) is 5.91 Å². The Labute approximate surface area is 210 Å². The van der Waals surface area contributed by atoms with Crippen LogP contribution in [0.4, 0.5) is 4.39 Å². The molecule has 0 aromatic heterocycles. The zero-order valence-corrected chi connectivity index (χ0v) is 20.6. The van der Waals surface area contributed by atoms with Crippen LogP contribution in [-0.4, -0.2) is 73.8 Å². The summed E-state index contributed by atoms with van der Waals surface area (Å²) in [5, 5.41) is 5.96. The van der Waals surface area contributed by atoms with E-state index in [0.29, 0.717) is 42.9 Å². The van der Waals surface area contributed by atoms with Crippen molar-refractivity contribution in [2.45, 2.75) is 38.4 Å². The van der Waals surface area contributed by atoms with Crippen LogP contribution in [-0.2, 0) is 32.2 Å². The van der Waals surface area contributed by atoms with Gasteiger partial charge in [-0.15, -0.1) is 0 Å². The number of aldehydes is 1. The third-order valence-corrected chi connectivity index (χ3v) is 6.86. The summed E-state index contributed by atoms with van der Waals surface area (Å²) < 4.78 is 20.7. The summed E-state index contributed by atoms with van der Waals surface area (Å²) >= 11 is 0. The van der Waals surface area contributed by atoms with Crippen LogP contribution in [0.25, 0.3) is 0 Å². The lowest BCUT2D eigenvalue weighted by atomic mass is 10.1. The molecule has 1 unspecified atom stereocenters. The maximum Gasteiger partial charge on any atom is 0.255 e. The first-order chi connectivity index (χ1) is 17.5. The van der Waals surface area contributed by atoms with E-state index in [1.807, 2.05) is 24.3 Å². The number of carbonyl (C=O) groups is 3. The highest BCUT2D eigenvalue weighted by Gasteiger charge is 2.39. The van der Waals surface area contributed by atoms with Crippen molar-refractivity contribution in [3.05, 3.63) is 70.2 Å². The molecule has 36 heavy (non-hydrogen) atoms. The van der Waals surface area contributed by atoms with E-state index in [2.05, 4.69) is 15.5 Å². The first kappa shape index (κ1) is 25.8. The van der Waals surface area contributed by atoms with Gasteiger partial charge in [-0.25, -0.2) is 4.39 Å². The molecular weight excluding hydrogens is 463 g/mol. The van der Waals surface area contributed by atoms with Crippen LogP contribution >= 0.6 is 0 Å². The van der Waals surface area contributed by atoms with Crippen LogP contribution in [0.5, 0.6) is 0 Å². The summed E-state index contributed by atoms with van der Waals surface area (Å²) in [5.41, 5.74) is 3.36. The topological polar surface area (TPSA) is 91.0 Å². The lowest BCUT2D eigenvalue weighted by Gasteiger charge is -2.27. The van der Waals surface area contributed by atoms with Crippen molar-refractivity contribution in [2.75, 3.05) is 39.9 Å². The van der Waals surface area contributed by atoms with Crippen molar-refractivity contribution in [1.29, 1.82) is 0 Å². The van der Waals surface area contributed by atoms with Gasteiger partial charge in [-0.2, -0.15) is 0 Å². The van der Waals surface area contributed by atoms with Crippen LogP contribution in [0.3, 0.4) is 0 Å². The van der Waals surface area contributed by atoms with Gasteiger partial charge in [0.1, 0.15) is 18.1 Å². The summed E-state index contributed by atoms with van der Waals surface area (Å²) in [6.07, 6.45) is 7.30. The van der Waals surface area contributed by atoms with E-state index < -0.39 is 6.04 Å². The fourth-order valence-electron chi connectivity index (χ4n) is 4.86. The van der Waals surface area contributed by atoms with Gasteiger partial charge in [-0.3, -0.25) is 14.5 Å². The van der Waals surface area contributed by atoms with Crippen molar-refractivity contribution in [2.24, 2.45) is 0 Å². The van der Waals surface area contributed by atoms with Crippen molar-refractivity contribution in [3.63, 3.8) is 0 Å². The molecule has 2 saturated heterocycles. The summed E-state index contributed by atoms with van der Waals surface area (Å²) in [4.78, 5) is 40.4. The van der Waals surface area contributed by atoms with Gasteiger partial charge in [-0.1, -0.05) is 30.4 Å². The number of ether oxygens (including phenoxy) is 1. The largest absolute Gasteiger partial charge is 0.384 e. The lowest BCUT2D eigenvalue weighted by Crippen LogP contribution is -2.46. The molecule has 0 spiro atoms. The van der Waals surface area contributed by atoms with Crippen molar-refractivity contribution < 1.29 is 23.5 Å². The number of carbonyl (C=O) groups excluding carboxylic acids is 3. The summed E-state index contributed by atoms with van der Waals surface area (Å²) in [6, 6.07) is 4.73. The number of likely N-dealkylation sites (N-methyl/N-ethyl adjacent to an activating group) is 1. The Morgan fingerprint density at radius 2 is 2.03 bits per heavy atom. The molecule has 1 aromatic rings. The number of halogens is 1. The van der Waals surface area contributed by atoms with Crippen molar-refractivity contribution >= 4 is 18.1 Å². The Morgan fingerprint density at radius 3 is 2.78 bits per heavy atom. The van der Waals surface area contributed by atoms with Crippen LogP contribution in [0.2, 0.25) is 0 Å². The molecule has 192 valence electrons. The number of likely N-dealkylation sites (tertiary alicyclic amines) is 1. The first-order valence-corrected chi connectivity index (χ1v) is 12.4. The molecule has 2 amide bonds. The van der Waals surface area contributed by atoms with Gasteiger partial charge in [0.2, 0.25) is 5.91 Å². The van der Waals surface area contributed by atoms with E-state index in [1.54, 1.807) is 12.1 Å². The normalized spacial score (nSPS) is 19.0. The van der Waals surface area contributed by atoms with E-state index in [-0.39, 0.29) is 43.6 Å². The Hall–Kier alpha value is -3.30. The van der Waals surface area contributed by atoms with Gasteiger partial charge in [0.15, 0.2) is 0 Å². The number of fused-ring (bicyclic) bond motifs is 1. The van der Waals surface area contributed by atoms with E-state index in [4.69, 9.17) is 4.74 Å². The minimum atomic E-state index is -0.729. The number of nitrogens with zero attached hydrogens (tertiary/aromatic N) is 2. The van der Waals surface area contributed by atoms with Crippen molar-refractivity contribution in [3.8, 4) is 0 Å². The molecule has 2 fully saturated rings. The van der Waals surface area contributed by atoms with E-state index in [1.165, 1.54) is 11.9 Å². The van der Waals surface area contributed by atoms with E-state index in [0.717, 1.165) is 30.6 Å². The SMILES string of the molecule is CNC(=O)C(CCC=O)N1CC2=C(NCc3cccc(CN4CCOCC4)c3F)CC=CC=C2C1=O. The Bertz CT molecular complexity index is 1090. The number of rotatable bonds is 10. The molecule has 0 bridgehead atoms. The molecule has 4 rings (SSSR count). The lowest BCUT2D eigenvalue weighted by molar-refractivity contribution is -0.136. The number of hydrogen-bond donors (Lipinski definition) is 2. The van der Waals surface area contributed by atoms with Gasteiger partial charge in [0, 0.05) is 80.6 Å². The quantitative estimate of drug-likeness (QED) is 0.481. The van der Waals surface area contributed by atoms with Gasteiger partial charge < -0.3 is 25.1 Å². The second-order valence-electron chi connectivity index (χ2n) is 9.11. The van der Waals surface area contributed by atoms with Crippen LogP contribution < -0.4 is 10.6 Å². The number of amides is 2. The summed E-state index contributed by atoms with van der Waals surface area (Å²) in [5.74, 6) is -0.763. The average Bonchev–Trinajstić information content (AvgIpc) is 3.08. The Balaban J connectivity index is 1.52. The average molecular weight is 497 g/mol. The summed E-state index contributed by atoms with van der Waals surface area (Å²) in [7, 11) is 1.52. The molecule has 0 radical (unpaired) electrons. The molecule has 1 atom stereocenters. The maximum absolute atomic E-state index is 15.3. The summed E-state index contributed by atoms with van der Waals surface area (Å²) in [6.45, 7) is 3.97. The van der Waals surface area contributed by atoms with Gasteiger partial charge in [0.05, 0.1) is 13.2 Å². The third kappa shape index (κ3) is 5.74. The minimum Gasteiger partial charge on any atom is -0.384 e. The second-order valence-corrected chi connectivity index (χ2v) is 9.11. The standard InChI is InChI=1S/C27H33FN4O4/c1-29-26(34)24(10-5-13-33)32-18-22-21(27(32)35)8-2-3-9-23(22)30-16-19-6-4-7-20(25(19)28)17-31-11-14-36-15-12-31/h2-4,6-8,13,24,30H,5,9-12,14-18H2,1H3,(H,29,34). The zero-order valence-electron chi connectivity index (χ0n) is 20.6. The van der Waals surface area contributed by atoms with Crippen molar-refractivity contribution in [1.82, 2.24) is 20.4 Å². The van der Waals surface area contributed by atoms with E-state index in [9.17, 15) is 14.4 Å². The highest BCUT2D eigenvalue weighted by atomic mass is 19.1. The zero-order chi connectivity index (χ0) is 25.5. The van der Waals surface area contributed by atoms with E-state index >= 15 is 4.39 Å². The molecular formula is C27H33FN4O4. The first-order valence-electron chi connectivity index (χ1n) is 12.4. The molecule has 0 saturated carbocycles. The van der Waals surface area contributed by atoms with Crippen LogP contribution in [0.1, 0.15) is 30.4 Å². The van der Waals surface area contributed by atoms with Gasteiger partial charge >= 0.3 is 0 Å². The molecule has 3 aliphatic rings. The number of nitrogens with one attached hydrogen (secondary N) is 2. The Morgan fingerprint density at radius 1 is 1.25 bits per heavy atom. The molecule has 1 aliphatic carbocycles. The van der Waals surface area contributed by atoms with Crippen LogP contribution in [0.15, 0.2) is 53.3 Å². The smallest absolute Gasteiger partial charge is 0.255 e. The monoisotopic (exact) mass is 496 g/mol. The number of benzene rings is 1. The second kappa shape index (κ2) is 12.1. The predicted octanol–water partition coefficient (Wildman–Crippen LogP) is 1.82. The highest BCUT2D eigenvalue weighted by molar-refractivity contribution is 6.04. The van der Waals surface area contributed by atoms with Gasteiger partial charge in [-0.05, 0) is 12.5 Å². The minimum absolute atomic E-state index is 0.186. The molecule has 2 aliphatic heterocycles. The fraction of sp³-hybridized carbons (Fsp3) is 0.444. The highest BCUT2D eigenvalue weighted by Crippen LogP contribution is 2.31. The molecule has 1 aromatic carbocycles. The molecule has 8 nitrogen and oxygen atoms in total. The third-order valence-electron chi connectivity index (χ3n) is 6.86. The Kier molecular flexibility index (Phi) is 8.66. The number of morpholine rings is 1. The van der Waals surface area contributed by atoms with Crippen LogP contribution in [0, 0.1) is 5.82 Å². The molecule has 9 heteroatoms. The molecule has 2 N–H and O–H groups in total. The predicted molar refractivity (Wildman–Crippen MR) is 133 cm³/mol. The number of hydrogen-bond acceptors (Lipinski definition) is 6. The molecule has 2 heterocycles.